The zero-order valence-electron chi connectivity index (χ0n) is 10.7. The fourth-order valence-electron chi connectivity index (χ4n) is 2.07. The van der Waals surface area contributed by atoms with Crippen molar-refractivity contribution in [3.05, 3.63) is 72.4 Å². The lowest BCUT2D eigenvalue weighted by Gasteiger charge is -2.07. The molecule has 1 aromatic carbocycles. The van der Waals surface area contributed by atoms with Gasteiger partial charge >= 0.3 is 0 Å². The van der Waals surface area contributed by atoms with Gasteiger partial charge in [-0.2, -0.15) is 0 Å². The average molecular weight is 246 g/mol. The molecule has 3 aromatic rings. The van der Waals surface area contributed by atoms with E-state index in [4.69, 9.17) is 4.98 Å². The Labute approximate surface area is 112 Å². The van der Waals surface area contributed by atoms with Crippen molar-refractivity contribution in [2.45, 2.75) is 6.92 Å². The van der Waals surface area contributed by atoms with Gasteiger partial charge in [-0.05, 0) is 30.7 Å². The topological polar surface area (TPSA) is 25.8 Å². The molecule has 0 saturated heterocycles. The molecule has 0 aliphatic carbocycles. The van der Waals surface area contributed by atoms with E-state index in [2.05, 4.69) is 30.1 Å². The van der Waals surface area contributed by atoms with E-state index in [1.54, 1.807) is 6.20 Å². The average Bonchev–Trinajstić information content (AvgIpc) is 2.49. The molecule has 0 bridgehead atoms. The van der Waals surface area contributed by atoms with Gasteiger partial charge in [0.15, 0.2) is 0 Å². The molecule has 0 aliphatic heterocycles. The molecule has 0 unspecified atom stereocenters. The largest absolute Gasteiger partial charge is 0.255 e. The number of hydrogen-bond acceptors (Lipinski definition) is 2. The first kappa shape index (κ1) is 11.6. The molecule has 2 aromatic heterocycles. The molecule has 3 rings (SSSR count). The van der Waals surface area contributed by atoms with Crippen molar-refractivity contribution >= 4 is 0 Å². The summed E-state index contributed by atoms with van der Waals surface area (Å²) in [6, 6.07) is 20.2. The summed E-state index contributed by atoms with van der Waals surface area (Å²) >= 11 is 0. The highest BCUT2D eigenvalue weighted by molar-refractivity contribution is 5.67. The van der Waals surface area contributed by atoms with Gasteiger partial charge in [0.1, 0.15) is 0 Å². The van der Waals surface area contributed by atoms with Gasteiger partial charge in [0.25, 0.3) is 0 Å². The smallest absolute Gasteiger partial charge is 0.0893 e. The molecule has 0 atom stereocenters. The highest BCUT2D eigenvalue weighted by atomic mass is 14.8. The van der Waals surface area contributed by atoms with E-state index in [9.17, 15) is 0 Å². The predicted octanol–water partition coefficient (Wildman–Crippen LogP) is 4.12. The summed E-state index contributed by atoms with van der Waals surface area (Å²) in [6.07, 6.45) is 1.79. The van der Waals surface area contributed by atoms with Crippen molar-refractivity contribution in [2.24, 2.45) is 0 Å². The Balaban J connectivity index is 2.12. The maximum atomic E-state index is 4.75. The molecule has 0 aliphatic rings. The lowest BCUT2D eigenvalue weighted by molar-refractivity contribution is 1.22. The highest BCUT2D eigenvalue weighted by Gasteiger charge is 2.06. The monoisotopic (exact) mass is 246 g/mol. The second kappa shape index (κ2) is 5.02. The van der Waals surface area contributed by atoms with Gasteiger partial charge in [0, 0.05) is 11.8 Å². The van der Waals surface area contributed by atoms with Crippen LogP contribution in [-0.2, 0) is 0 Å². The summed E-state index contributed by atoms with van der Waals surface area (Å²) in [5.74, 6) is 0. The Bertz CT molecular complexity index is 676. The lowest BCUT2D eigenvalue weighted by Crippen LogP contribution is -1.92. The van der Waals surface area contributed by atoms with E-state index in [1.807, 2.05) is 42.5 Å². The van der Waals surface area contributed by atoms with Gasteiger partial charge in [-0.15, -0.1) is 0 Å². The Morgan fingerprint density at radius 1 is 0.737 bits per heavy atom. The maximum absolute atomic E-state index is 4.75. The van der Waals surface area contributed by atoms with Crippen LogP contribution in [0.2, 0.25) is 0 Å². The second-order valence-electron chi connectivity index (χ2n) is 4.44. The van der Waals surface area contributed by atoms with E-state index in [1.165, 1.54) is 5.56 Å². The highest BCUT2D eigenvalue weighted by Crippen LogP contribution is 2.24. The predicted molar refractivity (Wildman–Crippen MR) is 77.6 cm³/mol. The van der Waals surface area contributed by atoms with E-state index in [0.717, 1.165) is 22.6 Å². The summed E-state index contributed by atoms with van der Waals surface area (Å²) in [5, 5.41) is 0. The van der Waals surface area contributed by atoms with Gasteiger partial charge in [-0.1, -0.05) is 42.5 Å². The molecule has 0 amide bonds. The molecule has 92 valence electrons. The summed E-state index contributed by atoms with van der Waals surface area (Å²) in [7, 11) is 0. The Morgan fingerprint density at radius 2 is 1.53 bits per heavy atom. The molecule has 2 nitrogen and oxygen atoms in total. The second-order valence-corrected chi connectivity index (χ2v) is 4.44. The van der Waals surface area contributed by atoms with Crippen molar-refractivity contribution in [1.82, 2.24) is 9.97 Å². The van der Waals surface area contributed by atoms with Crippen molar-refractivity contribution in [2.75, 3.05) is 0 Å². The molecule has 2 heterocycles. The molecular weight excluding hydrogens is 232 g/mol. The quantitative estimate of drug-likeness (QED) is 0.679. The number of rotatable bonds is 2. The van der Waals surface area contributed by atoms with Gasteiger partial charge in [-0.25, -0.2) is 4.98 Å². The van der Waals surface area contributed by atoms with Crippen LogP contribution in [0.4, 0.5) is 0 Å². The molecule has 0 fully saturated rings. The normalized spacial score (nSPS) is 10.4. The first-order valence-corrected chi connectivity index (χ1v) is 6.29. The summed E-state index contributed by atoms with van der Waals surface area (Å²) in [4.78, 5) is 9.10. The summed E-state index contributed by atoms with van der Waals surface area (Å²) in [6.45, 7) is 2.08. The Hall–Kier alpha value is -2.48. The SMILES string of the molecule is Cc1ccc(-c2ccccn2)nc1-c1ccccc1. The van der Waals surface area contributed by atoms with E-state index >= 15 is 0 Å². The number of nitrogens with zero attached hydrogens (tertiary/aromatic N) is 2. The summed E-state index contributed by atoms with van der Waals surface area (Å²) < 4.78 is 0. The van der Waals surface area contributed by atoms with Crippen molar-refractivity contribution in [1.29, 1.82) is 0 Å². The third-order valence-corrected chi connectivity index (χ3v) is 3.07. The van der Waals surface area contributed by atoms with Crippen LogP contribution in [0.25, 0.3) is 22.6 Å². The van der Waals surface area contributed by atoms with Crippen LogP contribution < -0.4 is 0 Å². The third-order valence-electron chi connectivity index (χ3n) is 3.07. The lowest BCUT2D eigenvalue weighted by atomic mass is 10.1. The number of aromatic nitrogens is 2. The zero-order chi connectivity index (χ0) is 13.1. The number of aryl methyl sites for hydroxylation is 1. The Kier molecular flexibility index (Phi) is 3.07. The van der Waals surface area contributed by atoms with Crippen molar-refractivity contribution < 1.29 is 0 Å². The van der Waals surface area contributed by atoms with Crippen LogP contribution in [0.15, 0.2) is 66.9 Å². The van der Waals surface area contributed by atoms with E-state index < -0.39 is 0 Å². The van der Waals surface area contributed by atoms with Gasteiger partial charge in [0.05, 0.1) is 17.1 Å². The van der Waals surface area contributed by atoms with Crippen molar-refractivity contribution in [3.63, 3.8) is 0 Å². The van der Waals surface area contributed by atoms with Gasteiger partial charge < -0.3 is 0 Å². The molecule has 0 spiro atoms. The van der Waals surface area contributed by atoms with Crippen LogP contribution in [0, 0.1) is 6.92 Å². The molecular formula is C17H14N2. The fourth-order valence-corrected chi connectivity index (χ4v) is 2.07. The van der Waals surface area contributed by atoms with Crippen molar-refractivity contribution in [3.8, 4) is 22.6 Å². The van der Waals surface area contributed by atoms with Crippen LogP contribution in [0.3, 0.4) is 0 Å². The zero-order valence-corrected chi connectivity index (χ0v) is 10.7. The molecule has 2 heteroatoms. The number of benzene rings is 1. The third kappa shape index (κ3) is 2.38. The van der Waals surface area contributed by atoms with Crippen LogP contribution >= 0.6 is 0 Å². The molecule has 19 heavy (non-hydrogen) atoms. The minimum Gasteiger partial charge on any atom is -0.255 e. The number of pyridine rings is 2. The molecule has 0 N–H and O–H groups in total. The van der Waals surface area contributed by atoms with E-state index in [-0.39, 0.29) is 0 Å². The standard InChI is InChI=1S/C17H14N2/c1-13-10-11-16(15-9-5-6-12-18-15)19-17(13)14-7-3-2-4-8-14/h2-12H,1H3. The first-order chi connectivity index (χ1) is 9.34. The van der Waals surface area contributed by atoms with Gasteiger partial charge in [0.2, 0.25) is 0 Å². The minimum atomic E-state index is 0.902. The maximum Gasteiger partial charge on any atom is 0.0893 e. The van der Waals surface area contributed by atoms with Crippen LogP contribution in [-0.4, -0.2) is 9.97 Å². The summed E-state index contributed by atoms with van der Waals surface area (Å²) in [5.41, 5.74) is 5.14. The minimum absolute atomic E-state index is 0.902. The van der Waals surface area contributed by atoms with Crippen LogP contribution in [0.5, 0.6) is 0 Å². The Morgan fingerprint density at radius 3 is 2.26 bits per heavy atom. The van der Waals surface area contributed by atoms with E-state index in [0.29, 0.717) is 0 Å². The first-order valence-electron chi connectivity index (χ1n) is 6.29. The molecule has 0 radical (unpaired) electrons. The fraction of sp³-hybridized carbons (Fsp3) is 0.0588. The van der Waals surface area contributed by atoms with Gasteiger partial charge in [-0.3, -0.25) is 4.98 Å². The number of hydrogen-bond donors (Lipinski definition) is 0. The van der Waals surface area contributed by atoms with Crippen LogP contribution in [0.1, 0.15) is 5.56 Å². The molecule has 0 saturated carbocycles.